The fraction of sp³-hybridized carbons (Fsp3) is 1.00. The summed E-state index contributed by atoms with van der Waals surface area (Å²) >= 11 is -1.16. The van der Waals surface area contributed by atoms with Crippen molar-refractivity contribution in [2.45, 2.75) is 9.88 Å². The van der Waals surface area contributed by atoms with E-state index in [9.17, 15) is 0 Å². The van der Waals surface area contributed by atoms with Gasteiger partial charge in [-0.2, -0.15) is 0 Å². The molecule has 0 amide bonds. The zero-order valence-electron chi connectivity index (χ0n) is 2.96. The minimum absolute atomic E-state index is 1.16. The first-order valence-electron chi connectivity index (χ1n) is 1.37. The third-order valence-electron chi connectivity index (χ3n) is 0. The van der Waals surface area contributed by atoms with Gasteiger partial charge in [-0.05, 0) is 0 Å². The van der Waals surface area contributed by atoms with Crippen LogP contribution in [0.25, 0.3) is 0 Å². The number of hydrogen-bond donors (Lipinski definition) is 0. The van der Waals surface area contributed by atoms with Crippen LogP contribution in [0.5, 0.6) is 0 Å². The number of halogens is 1. The van der Waals surface area contributed by atoms with Crippen molar-refractivity contribution >= 4 is 27.6 Å². The monoisotopic (exact) mass is 186 g/mol. The molecular formula is C2H7ClSn. The van der Waals surface area contributed by atoms with E-state index >= 15 is 0 Å². The molecule has 0 radical (unpaired) electrons. The Morgan fingerprint density at radius 2 is 1.50 bits per heavy atom. The van der Waals surface area contributed by atoms with Gasteiger partial charge >= 0.3 is 37.4 Å². The van der Waals surface area contributed by atoms with E-state index in [1.807, 2.05) is 0 Å². The van der Waals surface area contributed by atoms with Crippen LogP contribution in [-0.2, 0) is 0 Å². The predicted molar refractivity (Wildman–Crippen MR) is 24.7 cm³/mol. The maximum atomic E-state index is 5.48. The van der Waals surface area contributed by atoms with E-state index in [-0.39, 0.29) is 0 Å². The molecule has 4 heavy (non-hydrogen) atoms. The molecule has 0 aliphatic rings. The molecule has 0 spiro atoms. The van der Waals surface area contributed by atoms with Crippen molar-refractivity contribution in [2.24, 2.45) is 0 Å². The Labute approximate surface area is 37.6 Å². The summed E-state index contributed by atoms with van der Waals surface area (Å²) in [5.74, 6) is 0. The Morgan fingerprint density at radius 1 is 1.50 bits per heavy atom. The van der Waals surface area contributed by atoms with Crippen LogP contribution in [0.1, 0.15) is 0 Å². The van der Waals surface area contributed by atoms with Gasteiger partial charge in [0.2, 0.25) is 0 Å². The molecule has 2 heteroatoms. The average molecular weight is 185 g/mol. The molecule has 0 N–H and O–H groups in total. The van der Waals surface area contributed by atoms with Gasteiger partial charge in [-0.3, -0.25) is 0 Å². The van der Waals surface area contributed by atoms with Crippen LogP contribution < -0.4 is 0 Å². The van der Waals surface area contributed by atoms with Crippen molar-refractivity contribution in [1.82, 2.24) is 0 Å². The zero-order valence-corrected chi connectivity index (χ0v) is 7.01. The quantitative estimate of drug-likeness (QED) is 0.498. The van der Waals surface area contributed by atoms with Crippen molar-refractivity contribution in [3.63, 3.8) is 0 Å². The second kappa shape index (κ2) is 2.33. The first-order valence-corrected chi connectivity index (χ1v) is 12.1. The first kappa shape index (κ1) is 5.09. The average Bonchev–Trinajstić information content (AvgIpc) is 0.811. The number of hydrogen-bond acceptors (Lipinski definition) is 0. The molecule has 0 saturated carbocycles. The molecule has 0 bridgehead atoms. The van der Waals surface area contributed by atoms with Gasteiger partial charge in [-0.25, -0.2) is 0 Å². The standard InChI is InChI=1S/2CH3.ClH.Sn.H/h2*1H3;1H;;/q;;;+1;/p-1. The molecule has 0 heterocycles. The molecule has 0 rings (SSSR count). The fourth-order valence-electron chi connectivity index (χ4n) is 0. The van der Waals surface area contributed by atoms with E-state index in [4.69, 9.17) is 8.92 Å². The Morgan fingerprint density at radius 3 is 1.50 bits per heavy atom. The topological polar surface area (TPSA) is 0 Å². The van der Waals surface area contributed by atoms with E-state index in [0.29, 0.717) is 0 Å². The second-order valence-corrected chi connectivity index (χ2v) is 12.7. The van der Waals surface area contributed by atoms with Gasteiger partial charge in [-0.1, -0.05) is 0 Å². The summed E-state index contributed by atoms with van der Waals surface area (Å²) < 4.78 is 0. The molecule has 0 aromatic carbocycles. The molecule has 0 fully saturated rings. The van der Waals surface area contributed by atoms with Gasteiger partial charge in [0.1, 0.15) is 0 Å². The van der Waals surface area contributed by atoms with Crippen LogP contribution in [0.4, 0.5) is 0 Å². The van der Waals surface area contributed by atoms with Crippen LogP contribution >= 0.6 is 8.92 Å². The molecule has 0 saturated heterocycles. The molecule has 26 valence electrons. The van der Waals surface area contributed by atoms with E-state index in [1.54, 1.807) is 0 Å². The summed E-state index contributed by atoms with van der Waals surface area (Å²) in [7, 11) is 5.48. The van der Waals surface area contributed by atoms with Gasteiger partial charge in [0, 0.05) is 0 Å². The zero-order chi connectivity index (χ0) is 3.58. The molecule has 0 aliphatic heterocycles. The van der Waals surface area contributed by atoms with Gasteiger partial charge in [0.05, 0.1) is 0 Å². The SMILES string of the molecule is [CH3][SnH]([CH3])[Cl]. The van der Waals surface area contributed by atoms with Gasteiger partial charge in [0.25, 0.3) is 0 Å². The number of rotatable bonds is 0. The minimum atomic E-state index is -1.16. The Bertz CT molecular complexity index is 10.8. The Balaban J connectivity index is 2.32. The predicted octanol–water partition coefficient (Wildman–Crippen LogP) is 1.21. The molecule has 0 atom stereocenters. The Kier molecular flexibility index (Phi) is 2.97. The van der Waals surface area contributed by atoms with Crippen LogP contribution in [0.2, 0.25) is 9.88 Å². The van der Waals surface area contributed by atoms with Gasteiger partial charge < -0.3 is 0 Å². The van der Waals surface area contributed by atoms with Crippen LogP contribution in [-0.4, -0.2) is 18.6 Å². The van der Waals surface area contributed by atoms with Crippen molar-refractivity contribution in [3.8, 4) is 0 Å². The first-order chi connectivity index (χ1) is 1.73. The summed E-state index contributed by atoms with van der Waals surface area (Å²) in [6.45, 7) is 0. The normalized spacial score (nSPS) is 9.00. The van der Waals surface area contributed by atoms with Crippen molar-refractivity contribution in [2.75, 3.05) is 0 Å². The van der Waals surface area contributed by atoms with Crippen LogP contribution in [0, 0.1) is 0 Å². The summed E-state index contributed by atoms with van der Waals surface area (Å²) in [6, 6.07) is 0. The summed E-state index contributed by atoms with van der Waals surface area (Å²) in [5, 5.41) is 0. The third-order valence-corrected chi connectivity index (χ3v) is 0. The fourth-order valence-corrected chi connectivity index (χ4v) is 0. The van der Waals surface area contributed by atoms with Crippen molar-refractivity contribution in [1.29, 1.82) is 0 Å². The molecule has 0 unspecified atom stereocenters. The van der Waals surface area contributed by atoms with E-state index < -0.39 is 18.6 Å². The van der Waals surface area contributed by atoms with E-state index in [0.717, 1.165) is 0 Å². The summed E-state index contributed by atoms with van der Waals surface area (Å²) in [5.41, 5.74) is 0. The molecule has 0 aromatic rings. The van der Waals surface area contributed by atoms with Crippen LogP contribution in [0.15, 0.2) is 0 Å². The molecule has 0 aliphatic carbocycles. The van der Waals surface area contributed by atoms with E-state index in [1.165, 1.54) is 0 Å². The van der Waals surface area contributed by atoms with Gasteiger partial charge in [-0.15, -0.1) is 0 Å². The summed E-state index contributed by atoms with van der Waals surface area (Å²) in [6.07, 6.45) is 0. The molecular weight excluding hydrogens is 178 g/mol. The Hall–Kier alpha value is 1.09. The van der Waals surface area contributed by atoms with E-state index in [2.05, 4.69) is 9.88 Å². The molecule has 0 nitrogen and oxygen atoms in total. The van der Waals surface area contributed by atoms with Crippen molar-refractivity contribution < 1.29 is 0 Å². The van der Waals surface area contributed by atoms with Crippen LogP contribution in [0.3, 0.4) is 0 Å². The van der Waals surface area contributed by atoms with Gasteiger partial charge in [0.15, 0.2) is 0 Å². The maximum absolute atomic E-state index is 5.48. The third kappa shape index (κ3) is 11.4. The van der Waals surface area contributed by atoms with Crippen molar-refractivity contribution in [3.05, 3.63) is 0 Å². The second-order valence-electron chi connectivity index (χ2n) is 1.01. The molecule has 0 aromatic heterocycles. The summed E-state index contributed by atoms with van der Waals surface area (Å²) in [4.78, 5) is 4.28.